The molecule has 0 saturated carbocycles. The maximum Gasteiger partial charge on any atom is 0.410 e. The molecule has 0 aromatic carbocycles. The average Bonchev–Trinajstić information content (AvgIpc) is 3.40. The number of ether oxygens (including phenoxy) is 2. The molecule has 2 saturated heterocycles. The molecule has 5 atom stereocenters. The summed E-state index contributed by atoms with van der Waals surface area (Å²) >= 11 is 0. The van der Waals surface area contributed by atoms with Crippen LogP contribution in [-0.2, 0) is 23.5 Å². The fourth-order valence-electron chi connectivity index (χ4n) is 5.45. The predicted octanol–water partition coefficient (Wildman–Crippen LogP) is 4.38. The molecule has 0 spiro atoms. The first-order valence-electron chi connectivity index (χ1n) is 14.0. The van der Waals surface area contributed by atoms with Gasteiger partial charge in [0.05, 0.1) is 30.7 Å². The highest BCUT2D eigenvalue weighted by Gasteiger charge is 2.58. The molecule has 41 heavy (non-hydrogen) atoms. The smallest absolute Gasteiger partial charge is 0.410 e. The van der Waals surface area contributed by atoms with Gasteiger partial charge in [0.15, 0.2) is 8.32 Å². The first kappa shape index (κ1) is 32.4. The quantitative estimate of drug-likeness (QED) is 0.238. The number of fused-ring (bicyclic) bond motifs is 1. The summed E-state index contributed by atoms with van der Waals surface area (Å²) in [6.45, 7) is 18.1. The van der Waals surface area contributed by atoms with E-state index in [9.17, 15) is 24.3 Å². The Kier molecular flexibility index (Phi) is 9.49. The molecule has 0 radical (unpaired) electrons. The lowest BCUT2D eigenvalue weighted by molar-refractivity contribution is -0.160. The summed E-state index contributed by atoms with van der Waals surface area (Å²) in [6, 6.07) is -0.812. The van der Waals surface area contributed by atoms with Gasteiger partial charge in [-0.15, -0.1) is 0 Å². The van der Waals surface area contributed by atoms with Crippen LogP contribution in [0.2, 0.25) is 18.1 Å². The minimum atomic E-state index is -2.15. The van der Waals surface area contributed by atoms with E-state index in [1.165, 1.54) is 20.8 Å². The number of carboxylic acid groups (broad SMARTS) is 1. The van der Waals surface area contributed by atoms with E-state index in [0.717, 1.165) is 0 Å². The molecule has 3 aliphatic rings. The fraction of sp³-hybridized carbons (Fsp3) is 0.655. The second kappa shape index (κ2) is 12.0. The molecule has 0 aliphatic carbocycles. The van der Waals surface area contributed by atoms with Crippen molar-refractivity contribution in [2.24, 2.45) is 5.92 Å². The Morgan fingerprint density at radius 3 is 2.41 bits per heavy atom. The first-order valence-corrected chi connectivity index (χ1v) is 16.9. The van der Waals surface area contributed by atoms with Crippen molar-refractivity contribution >= 4 is 32.4 Å². The van der Waals surface area contributed by atoms with Crippen LogP contribution in [0.4, 0.5) is 9.59 Å². The third-order valence-corrected chi connectivity index (χ3v) is 13.2. The van der Waals surface area contributed by atoms with Gasteiger partial charge in [0.25, 0.3) is 0 Å². The van der Waals surface area contributed by atoms with E-state index in [2.05, 4.69) is 40.4 Å². The Labute approximate surface area is 243 Å². The molecule has 0 aromatic heterocycles. The van der Waals surface area contributed by atoms with Crippen LogP contribution < -0.4 is 0 Å². The first-order chi connectivity index (χ1) is 18.9. The van der Waals surface area contributed by atoms with E-state index in [1.54, 1.807) is 27.1 Å². The normalized spacial score (nSPS) is 25.5. The lowest BCUT2D eigenvalue weighted by atomic mass is 9.82. The van der Waals surface area contributed by atoms with Crippen LogP contribution in [0.3, 0.4) is 0 Å². The summed E-state index contributed by atoms with van der Waals surface area (Å²) in [5.41, 5.74) is 1.16. The SMILES string of the molecule is C=CCOC(=O)N1C[C@H](OC(=O)N(C)C)C[C@H]1C=C(C)C1=C(C(=O)O)N2C(=O)[C@H]([C@@H](C)O[Si](C)(C)C(C)(C)C)[C@H]2C1. The van der Waals surface area contributed by atoms with Crippen molar-refractivity contribution in [3.63, 3.8) is 0 Å². The van der Waals surface area contributed by atoms with Gasteiger partial charge in [-0.3, -0.25) is 9.69 Å². The number of allylic oxidation sites excluding steroid dienone is 1. The van der Waals surface area contributed by atoms with E-state index in [0.29, 0.717) is 24.0 Å². The lowest BCUT2D eigenvalue weighted by Gasteiger charge is -2.48. The largest absolute Gasteiger partial charge is 0.477 e. The van der Waals surface area contributed by atoms with Gasteiger partial charge >= 0.3 is 18.2 Å². The summed E-state index contributed by atoms with van der Waals surface area (Å²) in [7, 11) is 1.00. The maximum atomic E-state index is 13.3. The van der Waals surface area contributed by atoms with Crippen LogP contribution in [0.25, 0.3) is 0 Å². The van der Waals surface area contributed by atoms with Crippen LogP contribution >= 0.6 is 0 Å². The number of amides is 3. The fourth-order valence-corrected chi connectivity index (χ4v) is 6.88. The molecule has 0 aromatic rings. The summed E-state index contributed by atoms with van der Waals surface area (Å²) in [5.74, 6) is -1.85. The highest BCUT2D eigenvalue weighted by atomic mass is 28.4. The van der Waals surface area contributed by atoms with Crippen LogP contribution in [0, 0.1) is 5.92 Å². The minimum absolute atomic E-state index is 0.0243. The topological polar surface area (TPSA) is 126 Å². The van der Waals surface area contributed by atoms with Crippen LogP contribution in [0.15, 0.2) is 35.6 Å². The van der Waals surface area contributed by atoms with Gasteiger partial charge in [0.2, 0.25) is 5.91 Å². The zero-order valence-electron chi connectivity index (χ0n) is 25.7. The Hall–Kier alpha value is -3.12. The number of carboxylic acids is 1. The highest BCUT2D eigenvalue weighted by molar-refractivity contribution is 6.74. The molecule has 0 unspecified atom stereocenters. The third kappa shape index (κ3) is 6.53. The van der Waals surface area contributed by atoms with Crippen molar-refractivity contribution in [1.82, 2.24) is 14.7 Å². The number of hydrogen-bond donors (Lipinski definition) is 1. The molecule has 3 aliphatic heterocycles. The summed E-state index contributed by atoms with van der Waals surface area (Å²) < 4.78 is 17.3. The minimum Gasteiger partial charge on any atom is -0.477 e. The summed E-state index contributed by atoms with van der Waals surface area (Å²) in [6.07, 6.45) is 1.94. The van der Waals surface area contributed by atoms with Crippen LogP contribution in [-0.4, -0.2) is 104 Å². The van der Waals surface area contributed by atoms with E-state index < -0.39 is 44.5 Å². The molecular formula is C29H45N3O8Si. The highest BCUT2D eigenvalue weighted by Crippen LogP contribution is 2.48. The summed E-state index contributed by atoms with van der Waals surface area (Å²) in [4.78, 5) is 54.8. The molecule has 1 N–H and O–H groups in total. The van der Waals surface area contributed by atoms with Crippen LogP contribution in [0.5, 0.6) is 0 Å². The molecule has 3 heterocycles. The van der Waals surface area contributed by atoms with Gasteiger partial charge in [-0.1, -0.05) is 39.5 Å². The molecule has 12 heteroatoms. The molecule has 3 rings (SSSR count). The number of carbonyl (C=O) groups is 4. The Balaban J connectivity index is 1.86. The molecule has 228 valence electrons. The Morgan fingerprint density at radius 1 is 1.24 bits per heavy atom. The van der Waals surface area contributed by atoms with Crippen molar-refractivity contribution in [3.05, 3.63) is 35.6 Å². The number of nitrogens with zero attached hydrogens (tertiary/aromatic N) is 3. The van der Waals surface area contributed by atoms with Gasteiger partial charge in [-0.05, 0) is 49.5 Å². The molecule has 3 amide bonds. The zero-order valence-corrected chi connectivity index (χ0v) is 26.7. The van der Waals surface area contributed by atoms with E-state index in [1.807, 2.05) is 6.92 Å². The number of rotatable bonds is 9. The second-order valence-corrected chi connectivity index (χ2v) is 17.5. The van der Waals surface area contributed by atoms with Gasteiger partial charge in [-0.25, -0.2) is 14.4 Å². The number of carbonyl (C=O) groups excluding carboxylic acids is 3. The van der Waals surface area contributed by atoms with Crippen LogP contribution in [0.1, 0.15) is 47.5 Å². The zero-order chi connectivity index (χ0) is 31.0. The maximum absolute atomic E-state index is 13.3. The van der Waals surface area contributed by atoms with Crippen molar-refractivity contribution in [2.45, 2.75) is 89.9 Å². The number of likely N-dealkylation sites (tertiary alicyclic amines) is 1. The van der Waals surface area contributed by atoms with Gasteiger partial charge < -0.3 is 28.8 Å². The summed E-state index contributed by atoms with van der Waals surface area (Å²) in [5, 5.41) is 10.1. The standard InChI is InChI=1S/C29H45N3O8Si/c1-11-12-38-28(37)31-16-20(39-27(36)30(7)8)14-19(31)13-17(2)21-15-22-23(25(33)32(22)24(21)26(34)35)18(3)40-41(9,10)29(4,5)6/h11,13,18-20,22-23H,1,12,14-16H2,2-10H3,(H,34,35)/t18-,19-,20-,22-,23-/m1/s1. The van der Waals surface area contributed by atoms with E-state index in [-0.39, 0.29) is 41.9 Å². The Bertz CT molecular complexity index is 1160. The van der Waals surface area contributed by atoms with Crippen molar-refractivity contribution in [3.8, 4) is 0 Å². The van der Waals surface area contributed by atoms with Gasteiger partial charge in [-0.2, -0.15) is 0 Å². The predicted molar refractivity (Wildman–Crippen MR) is 156 cm³/mol. The van der Waals surface area contributed by atoms with Gasteiger partial charge in [0.1, 0.15) is 18.4 Å². The molecule has 11 nitrogen and oxygen atoms in total. The number of hydrogen-bond acceptors (Lipinski definition) is 7. The van der Waals surface area contributed by atoms with Gasteiger partial charge in [0, 0.05) is 20.5 Å². The monoisotopic (exact) mass is 591 g/mol. The molecule has 2 fully saturated rings. The van der Waals surface area contributed by atoms with Crippen molar-refractivity contribution < 1.29 is 38.2 Å². The molecular weight excluding hydrogens is 546 g/mol. The molecule has 0 bridgehead atoms. The Morgan fingerprint density at radius 2 is 1.88 bits per heavy atom. The third-order valence-electron chi connectivity index (χ3n) is 8.62. The van der Waals surface area contributed by atoms with Crippen molar-refractivity contribution in [1.29, 1.82) is 0 Å². The average molecular weight is 592 g/mol. The number of β-lactam (4-membered cyclic amide) rings is 1. The van der Waals surface area contributed by atoms with E-state index >= 15 is 0 Å². The van der Waals surface area contributed by atoms with E-state index in [4.69, 9.17) is 13.9 Å². The lowest BCUT2D eigenvalue weighted by Crippen LogP contribution is -2.63. The second-order valence-electron chi connectivity index (χ2n) is 12.8. The van der Waals surface area contributed by atoms with Crippen molar-refractivity contribution in [2.75, 3.05) is 27.2 Å². The number of aliphatic carboxylic acids is 1.